The summed E-state index contributed by atoms with van der Waals surface area (Å²) in [5.41, 5.74) is 8.09. The van der Waals surface area contributed by atoms with Gasteiger partial charge in [-0.05, 0) is 132 Å². The third kappa shape index (κ3) is 4.31. The number of rotatable bonds is 2. The second-order valence-corrected chi connectivity index (χ2v) is 16.7. The molecule has 0 aliphatic carbocycles. The van der Waals surface area contributed by atoms with Gasteiger partial charge in [0.25, 0.3) is 0 Å². The lowest BCUT2D eigenvalue weighted by Crippen LogP contribution is -2.10. The van der Waals surface area contributed by atoms with Crippen LogP contribution in [0.1, 0.15) is 52.7 Å². The largest absolute Gasteiger partial charge is 0.0561 e. The fourth-order valence-corrected chi connectivity index (χ4v) is 8.59. The predicted octanol–water partition coefficient (Wildman–Crippen LogP) is 14.6. The summed E-state index contributed by atoms with van der Waals surface area (Å²) in [6, 6.07) is 51.4. The van der Waals surface area contributed by atoms with Crippen LogP contribution in [0.2, 0.25) is 0 Å². The van der Waals surface area contributed by atoms with Gasteiger partial charge in [0, 0.05) is 0 Å². The predicted molar refractivity (Wildman–Crippen MR) is 220 cm³/mol. The van der Waals surface area contributed by atoms with E-state index in [4.69, 9.17) is 0 Å². The maximum atomic E-state index is 2.39. The van der Waals surface area contributed by atoms with Gasteiger partial charge in [-0.3, -0.25) is 0 Å². The van der Waals surface area contributed by atoms with Crippen LogP contribution in [0.5, 0.6) is 0 Å². The lowest BCUT2D eigenvalue weighted by molar-refractivity contribution is 0.591. The zero-order valence-electron chi connectivity index (χ0n) is 29.7. The summed E-state index contributed by atoms with van der Waals surface area (Å²) in [7, 11) is 0. The van der Waals surface area contributed by atoms with E-state index in [1.165, 1.54) is 109 Å². The van der Waals surface area contributed by atoms with Crippen molar-refractivity contribution in [3.63, 3.8) is 0 Å². The van der Waals surface area contributed by atoms with Crippen molar-refractivity contribution in [2.24, 2.45) is 0 Å². The molecule has 10 aromatic carbocycles. The molecule has 0 amide bonds. The fourth-order valence-electron chi connectivity index (χ4n) is 8.59. The molecule has 0 saturated heterocycles. The molecule has 0 saturated carbocycles. The minimum Gasteiger partial charge on any atom is -0.0561 e. The van der Waals surface area contributed by atoms with Crippen LogP contribution in [0.3, 0.4) is 0 Å². The monoisotopic (exact) mass is 640 g/mol. The molecule has 0 heteroatoms. The topological polar surface area (TPSA) is 0 Å². The standard InChI is InChI=1S/C50H40/c1-49(2,3)39-25-35-13-7-29-15-19-41(43-21-17-37(27-39)45(35)47(29)43)33-11-9-32-24-34(12-10-31(32)23-33)42-20-16-30-8-14-36-26-40(50(4,5)6)28-38-18-22-44(42)48(30)46(36)38/h7-28H,1-6H3. The molecule has 0 atom stereocenters. The van der Waals surface area contributed by atoms with Gasteiger partial charge in [0.2, 0.25) is 0 Å². The van der Waals surface area contributed by atoms with Crippen LogP contribution in [-0.2, 0) is 10.8 Å². The maximum Gasteiger partial charge on any atom is -0.00206 e. The van der Waals surface area contributed by atoms with Crippen molar-refractivity contribution < 1.29 is 0 Å². The Kier molecular flexibility index (Phi) is 5.92. The van der Waals surface area contributed by atoms with Crippen LogP contribution >= 0.6 is 0 Å². The van der Waals surface area contributed by atoms with Gasteiger partial charge in [-0.1, -0.05) is 163 Å². The molecular formula is C50H40. The van der Waals surface area contributed by atoms with Gasteiger partial charge >= 0.3 is 0 Å². The van der Waals surface area contributed by atoms with Gasteiger partial charge in [-0.15, -0.1) is 0 Å². The third-order valence-electron chi connectivity index (χ3n) is 11.4. The molecule has 0 spiro atoms. The Morgan fingerprint density at radius 2 is 0.600 bits per heavy atom. The minimum absolute atomic E-state index is 0.108. The fraction of sp³-hybridized carbons (Fsp3) is 0.160. The van der Waals surface area contributed by atoms with E-state index in [1.54, 1.807) is 0 Å². The Balaban J connectivity index is 1.09. The zero-order valence-corrected chi connectivity index (χ0v) is 29.7. The Morgan fingerprint density at radius 3 is 0.980 bits per heavy atom. The average Bonchev–Trinajstić information content (AvgIpc) is 3.11. The summed E-state index contributed by atoms with van der Waals surface area (Å²) in [5, 5.41) is 18.6. The highest BCUT2D eigenvalue weighted by Gasteiger charge is 2.20. The number of fused-ring (bicyclic) bond motifs is 1. The van der Waals surface area contributed by atoms with Crippen LogP contribution < -0.4 is 0 Å². The smallest absolute Gasteiger partial charge is 0.00206 e. The quantitative estimate of drug-likeness (QED) is 0.165. The molecular weight excluding hydrogens is 601 g/mol. The molecule has 0 nitrogen and oxygen atoms in total. The van der Waals surface area contributed by atoms with Crippen LogP contribution in [0.25, 0.3) is 97.7 Å². The molecule has 10 aromatic rings. The van der Waals surface area contributed by atoms with Crippen LogP contribution in [-0.4, -0.2) is 0 Å². The van der Waals surface area contributed by atoms with Crippen molar-refractivity contribution in [2.75, 3.05) is 0 Å². The molecule has 0 heterocycles. The van der Waals surface area contributed by atoms with Crippen molar-refractivity contribution >= 4 is 75.4 Å². The summed E-state index contributed by atoms with van der Waals surface area (Å²) in [6.07, 6.45) is 0. The molecule has 0 aliphatic heterocycles. The first-order chi connectivity index (χ1) is 24.0. The van der Waals surface area contributed by atoms with Crippen LogP contribution in [0.15, 0.2) is 133 Å². The highest BCUT2D eigenvalue weighted by molar-refractivity contribution is 6.27. The molecule has 0 fully saturated rings. The second-order valence-electron chi connectivity index (χ2n) is 16.7. The molecule has 50 heavy (non-hydrogen) atoms. The normalized spacial score (nSPS) is 13.0. The zero-order chi connectivity index (χ0) is 34.1. The SMILES string of the molecule is CC(C)(C)c1cc2ccc3ccc(-c4ccc5cc(-c6ccc7ccc8cc(C(C)(C)C)cc9ccc6c7c89)ccc5c4)c4ccc(c1)c2c34. The average molecular weight is 641 g/mol. The van der Waals surface area contributed by atoms with Crippen molar-refractivity contribution in [1.29, 1.82) is 0 Å². The lowest BCUT2D eigenvalue weighted by atomic mass is 9.82. The van der Waals surface area contributed by atoms with Gasteiger partial charge in [0.05, 0.1) is 0 Å². The molecule has 0 bridgehead atoms. The van der Waals surface area contributed by atoms with Crippen molar-refractivity contribution in [3.05, 3.63) is 145 Å². The van der Waals surface area contributed by atoms with E-state index in [0.717, 1.165) is 0 Å². The summed E-state index contributed by atoms with van der Waals surface area (Å²) >= 11 is 0. The van der Waals surface area contributed by atoms with Gasteiger partial charge < -0.3 is 0 Å². The van der Waals surface area contributed by atoms with E-state index in [9.17, 15) is 0 Å². The Morgan fingerprint density at radius 1 is 0.280 bits per heavy atom. The van der Waals surface area contributed by atoms with Gasteiger partial charge in [0.15, 0.2) is 0 Å². The van der Waals surface area contributed by atoms with Crippen molar-refractivity contribution in [1.82, 2.24) is 0 Å². The minimum atomic E-state index is 0.108. The molecule has 0 aromatic heterocycles. The first kappa shape index (κ1) is 29.5. The Hall–Kier alpha value is -5.46. The molecule has 10 rings (SSSR count). The van der Waals surface area contributed by atoms with E-state index in [0.29, 0.717) is 0 Å². The van der Waals surface area contributed by atoms with Crippen molar-refractivity contribution in [3.8, 4) is 22.3 Å². The highest BCUT2D eigenvalue weighted by atomic mass is 14.2. The Bertz CT molecular complexity index is 2730. The summed E-state index contributed by atoms with van der Waals surface area (Å²) in [6.45, 7) is 13.8. The molecule has 0 N–H and O–H groups in total. The highest BCUT2D eigenvalue weighted by Crippen LogP contribution is 2.44. The summed E-state index contributed by atoms with van der Waals surface area (Å²) in [5.74, 6) is 0. The van der Waals surface area contributed by atoms with Gasteiger partial charge in [0.1, 0.15) is 0 Å². The molecule has 0 radical (unpaired) electrons. The third-order valence-corrected chi connectivity index (χ3v) is 11.4. The number of hydrogen-bond donors (Lipinski definition) is 0. The number of hydrogen-bond acceptors (Lipinski definition) is 0. The van der Waals surface area contributed by atoms with E-state index < -0.39 is 0 Å². The molecule has 0 aliphatic rings. The van der Waals surface area contributed by atoms with Gasteiger partial charge in [-0.25, -0.2) is 0 Å². The Labute approximate surface area is 293 Å². The summed E-state index contributed by atoms with van der Waals surface area (Å²) in [4.78, 5) is 0. The first-order valence-electron chi connectivity index (χ1n) is 18.0. The number of benzene rings is 10. The van der Waals surface area contributed by atoms with E-state index in [2.05, 4.69) is 175 Å². The van der Waals surface area contributed by atoms with E-state index in [1.807, 2.05) is 0 Å². The van der Waals surface area contributed by atoms with Gasteiger partial charge in [-0.2, -0.15) is 0 Å². The van der Waals surface area contributed by atoms with Crippen LogP contribution in [0.4, 0.5) is 0 Å². The van der Waals surface area contributed by atoms with Crippen molar-refractivity contribution in [2.45, 2.75) is 52.4 Å². The first-order valence-corrected chi connectivity index (χ1v) is 18.0. The van der Waals surface area contributed by atoms with E-state index >= 15 is 0 Å². The van der Waals surface area contributed by atoms with Crippen LogP contribution in [0, 0.1) is 0 Å². The molecule has 240 valence electrons. The maximum absolute atomic E-state index is 2.39. The second kappa shape index (κ2) is 10.1. The van der Waals surface area contributed by atoms with E-state index in [-0.39, 0.29) is 10.8 Å². The molecule has 0 unspecified atom stereocenters. The lowest BCUT2D eigenvalue weighted by Gasteiger charge is -2.22. The summed E-state index contributed by atoms with van der Waals surface area (Å²) < 4.78 is 0.